The zero-order chi connectivity index (χ0) is 20.9. The van der Waals surface area contributed by atoms with Gasteiger partial charge in [0.1, 0.15) is 23.4 Å². The van der Waals surface area contributed by atoms with E-state index in [1.165, 1.54) is 12.1 Å². The Kier molecular flexibility index (Phi) is 5.71. The molecule has 1 aliphatic rings. The number of aromatic nitrogens is 1. The molecule has 0 bridgehead atoms. The molecule has 0 aliphatic carbocycles. The van der Waals surface area contributed by atoms with Crippen molar-refractivity contribution >= 4 is 17.4 Å². The molecule has 1 aliphatic heterocycles. The fraction of sp³-hybridized carbons (Fsp3) is 0.208. The van der Waals surface area contributed by atoms with Crippen molar-refractivity contribution in [3.8, 4) is 17.2 Å². The smallest absolute Gasteiger partial charge is 0.229 e. The third-order valence-electron chi connectivity index (χ3n) is 5.27. The van der Waals surface area contributed by atoms with Crippen molar-refractivity contribution in [1.82, 2.24) is 4.98 Å². The maximum Gasteiger partial charge on any atom is 0.229 e. The van der Waals surface area contributed by atoms with Gasteiger partial charge in [-0.05, 0) is 60.4 Å². The number of hydrogen-bond acceptors (Lipinski definition) is 4. The molecule has 1 saturated heterocycles. The van der Waals surface area contributed by atoms with Crippen molar-refractivity contribution in [2.45, 2.75) is 12.8 Å². The Labute approximate surface area is 174 Å². The van der Waals surface area contributed by atoms with Gasteiger partial charge in [-0.15, -0.1) is 0 Å². The largest absolute Gasteiger partial charge is 0.356 e. The molecular weight excluding hydrogens is 379 g/mol. The van der Waals surface area contributed by atoms with Crippen LogP contribution in [0.2, 0.25) is 0 Å². The van der Waals surface area contributed by atoms with Crippen LogP contribution in [0.3, 0.4) is 0 Å². The van der Waals surface area contributed by atoms with Gasteiger partial charge in [-0.1, -0.05) is 30.3 Å². The number of piperidine rings is 1. The molecule has 1 N–H and O–H groups in total. The van der Waals surface area contributed by atoms with Crippen LogP contribution in [0, 0.1) is 23.1 Å². The van der Waals surface area contributed by atoms with Gasteiger partial charge in [0.2, 0.25) is 5.91 Å². The molecule has 6 heteroatoms. The van der Waals surface area contributed by atoms with Gasteiger partial charge < -0.3 is 10.2 Å². The Balaban J connectivity index is 1.45. The molecule has 3 aromatic rings. The lowest BCUT2D eigenvalue weighted by Crippen LogP contribution is -2.41. The lowest BCUT2D eigenvalue weighted by Gasteiger charge is -2.33. The molecule has 1 unspecified atom stereocenters. The van der Waals surface area contributed by atoms with E-state index in [1.54, 1.807) is 18.2 Å². The van der Waals surface area contributed by atoms with E-state index >= 15 is 0 Å². The Morgan fingerprint density at radius 1 is 1.10 bits per heavy atom. The highest BCUT2D eigenvalue weighted by molar-refractivity contribution is 5.93. The molecule has 1 amide bonds. The standard InChI is InChI=1S/C24H21FN4O/c25-20-11-9-17(10-12-20)18-4-1-6-21(14-18)28-24(30)19-5-3-13-29(16-19)23-8-2-7-22(15-26)27-23/h1-2,4,6-12,14,19H,3,5,13,16H2,(H,28,30). The molecule has 1 aromatic heterocycles. The van der Waals surface area contributed by atoms with Crippen LogP contribution in [0.25, 0.3) is 11.1 Å². The Morgan fingerprint density at radius 2 is 1.90 bits per heavy atom. The first kappa shape index (κ1) is 19.6. The first-order valence-corrected chi connectivity index (χ1v) is 9.91. The van der Waals surface area contributed by atoms with Gasteiger partial charge in [-0.25, -0.2) is 9.37 Å². The fourth-order valence-electron chi connectivity index (χ4n) is 3.72. The highest BCUT2D eigenvalue weighted by Crippen LogP contribution is 2.26. The van der Waals surface area contributed by atoms with Crippen LogP contribution < -0.4 is 10.2 Å². The number of amides is 1. The zero-order valence-corrected chi connectivity index (χ0v) is 16.4. The molecule has 0 radical (unpaired) electrons. The van der Waals surface area contributed by atoms with Crippen LogP contribution in [0.1, 0.15) is 18.5 Å². The van der Waals surface area contributed by atoms with E-state index in [9.17, 15) is 9.18 Å². The van der Waals surface area contributed by atoms with Crippen molar-refractivity contribution in [2.24, 2.45) is 5.92 Å². The average Bonchev–Trinajstić information content (AvgIpc) is 2.80. The van der Waals surface area contributed by atoms with Gasteiger partial charge in [0.25, 0.3) is 0 Å². The quantitative estimate of drug-likeness (QED) is 0.694. The van der Waals surface area contributed by atoms with E-state index in [0.717, 1.165) is 36.3 Å². The fourth-order valence-corrected chi connectivity index (χ4v) is 3.72. The number of carbonyl (C=O) groups excluding carboxylic acids is 1. The summed E-state index contributed by atoms with van der Waals surface area (Å²) in [6.45, 7) is 1.37. The summed E-state index contributed by atoms with van der Waals surface area (Å²) in [6.07, 6.45) is 1.68. The normalized spacial score (nSPS) is 16.0. The first-order valence-electron chi connectivity index (χ1n) is 9.91. The summed E-state index contributed by atoms with van der Waals surface area (Å²) < 4.78 is 13.2. The third-order valence-corrected chi connectivity index (χ3v) is 5.27. The van der Waals surface area contributed by atoms with E-state index in [2.05, 4.69) is 21.3 Å². The van der Waals surface area contributed by atoms with Gasteiger partial charge in [-0.3, -0.25) is 4.79 Å². The van der Waals surface area contributed by atoms with Gasteiger partial charge in [0, 0.05) is 18.8 Å². The van der Waals surface area contributed by atoms with Crippen LogP contribution in [0.15, 0.2) is 66.7 Å². The first-order chi connectivity index (χ1) is 14.6. The maximum atomic E-state index is 13.2. The highest BCUT2D eigenvalue weighted by atomic mass is 19.1. The average molecular weight is 400 g/mol. The lowest BCUT2D eigenvalue weighted by molar-refractivity contribution is -0.120. The summed E-state index contributed by atoms with van der Waals surface area (Å²) in [4.78, 5) is 19.3. The van der Waals surface area contributed by atoms with Crippen molar-refractivity contribution in [1.29, 1.82) is 5.26 Å². The van der Waals surface area contributed by atoms with Crippen LogP contribution in [-0.4, -0.2) is 24.0 Å². The SMILES string of the molecule is N#Cc1cccc(N2CCCC(C(=O)Nc3cccc(-c4ccc(F)cc4)c3)C2)n1. The van der Waals surface area contributed by atoms with Gasteiger partial charge in [0.15, 0.2) is 0 Å². The molecule has 4 rings (SSSR count). The minimum atomic E-state index is -0.278. The van der Waals surface area contributed by atoms with E-state index in [0.29, 0.717) is 17.9 Å². The van der Waals surface area contributed by atoms with Crippen LogP contribution >= 0.6 is 0 Å². The summed E-state index contributed by atoms with van der Waals surface area (Å²) in [7, 11) is 0. The number of anilines is 2. The van der Waals surface area contributed by atoms with E-state index < -0.39 is 0 Å². The zero-order valence-electron chi connectivity index (χ0n) is 16.4. The number of pyridine rings is 1. The predicted molar refractivity (Wildman–Crippen MR) is 114 cm³/mol. The second kappa shape index (κ2) is 8.75. The van der Waals surface area contributed by atoms with Gasteiger partial charge >= 0.3 is 0 Å². The number of halogens is 1. The second-order valence-electron chi connectivity index (χ2n) is 7.35. The predicted octanol–water partition coefficient (Wildman–Crippen LogP) is 4.61. The molecule has 30 heavy (non-hydrogen) atoms. The summed E-state index contributed by atoms with van der Waals surface area (Å²) in [6, 6.07) is 21.2. The molecule has 1 atom stereocenters. The maximum absolute atomic E-state index is 13.2. The molecule has 1 fully saturated rings. The Morgan fingerprint density at radius 3 is 2.70 bits per heavy atom. The minimum Gasteiger partial charge on any atom is -0.356 e. The number of nitrogens with zero attached hydrogens (tertiary/aromatic N) is 3. The topological polar surface area (TPSA) is 69.0 Å². The summed E-state index contributed by atoms with van der Waals surface area (Å²) in [5, 5.41) is 12.1. The summed E-state index contributed by atoms with van der Waals surface area (Å²) in [5.41, 5.74) is 2.88. The molecule has 0 spiro atoms. The number of benzene rings is 2. The van der Waals surface area contributed by atoms with Gasteiger partial charge in [-0.2, -0.15) is 5.26 Å². The molecular formula is C24H21FN4O. The van der Waals surface area contributed by atoms with E-state index in [-0.39, 0.29) is 17.6 Å². The Bertz CT molecular complexity index is 1090. The van der Waals surface area contributed by atoms with Crippen LogP contribution in [0.4, 0.5) is 15.9 Å². The number of carbonyl (C=O) groups is 1. The monoisotopic (exact) mass is 400 g/mol. The van der Waals surface area contributed by atoms with Crippen molar-refractivity contribution in [2.75, 3.05) is 23.3 Å². The van der Waals surface area contributed by atoms with Crippen molar-refractivity contribution in [3.05, 3.63) is 78.2 Å². The van der Waals surface area contributed by atoms with E-state index in [1.807, 2.05) is 36.4 Å². The molecule has 0 saturated carbocycles. The lowest BCUT2D eigenvalue weighted by atomic mass is 9.96. The third kappa shape index (κ3) is 4.47. The van der Waals surface area contributed by atoms with Crippen molar-refractivity contribution in [3.63, 3.8) is 0 Å². The number of nitrogens with one attached hydrogen (secondary N) is 1. The Hall–Kier alpha value is -3.72. The summed E-state index contributed by atoms with van der Waals surface area (Å²) in [5.74, 6) is 0.248. The number of nitriles is 1. The van der Waals surface area contributed by atoms with Gasteiger partial charge in [0.05, 0.1) is 5.92 Å². The number of rotatable bonds is 4. The minimum absolute atomic E-state index is 0.0348. The number of hydrogen-bond donors (Lipinski definition) is 1. The molecule has 2 heterocycles. The van der Waals surface area contributed by atoms with Crippen molar-refractivity contribution < 1.29 is 9.18 Å². The highest BCUT2D eigenvalue weighted by Gasteiger charge is 2.26. The summed E-state index contributed by atoms with van der Waals surface area (Å²) >= 11 is 0. The van der Waals surface area contributed by atoms with Crippen LogP contribution in [0.5, 0.6) is 0 Å². The molecule has 5 nitrogen and oxygen atoms in total. The van der Waals surface area contributed by atoms with E-state index in [4.69, 9.17) is 5.26 Å². The molecule has 150 valence electrons. The second-order valence-corrected chi connectivity index (χ2v) is 7.35. The molecule has 2 aromatic carbocycles. The van der Waals surface area contributed by atoms with Crippen LogP contribution in [-0.2, 0) is 4.79 Å².